The van der Waals surface area contributed by atoms with Crippen molar-refractivity contribution in [3.05, 3.63) is 0 Å². The van der Waals surface area contributed by atoms with Gasteiger partial charge in [0.05, 0.1) is 19.8 Å². The summed E-state index contributed by atoms with van der Waals surface area (Å²) in [5.41, 5.74) is 0. The minimum atomic E-state index is 0.215. The lowest BCUT2D eigenvalue weighted by Crippen LogP contribution is -2.43. The number of hydrogen-bond acceptors (Lipinski definition) is 5. The molecule has 0 bridgehead atoms. The molecule has 2 N–H and O–H groups in total. The monoisotopic (exact) mass is 274 g/mol. The summed E-state index contributed by atoms with van der Waals surface area (Å²) in [6, 6.07) is 1.23. The molecule has 1 saturated carbocycles. The van der Waals surface area contributed by atoms with Gasteiger partial charge in [-0.05, 0) is 26.2 Å². The van der Waals surface area contributed by atoms with Crippen LogP contribution in [0.3, 0.4) is 0 Å². The lowest BCUT2D eigenvalue weighted by atomic mass is 10.2. The minimum Gasteiger partial charge on any atom is -0.395 e. The van der Waals surface area contributed by atoms with Crippen LogP contribution in [0.5, 0.6) is 0 Å². The van der Waals surface area contributed by atoms with Crippen molar-refractivity contribution in [3.63, 3.8) is 0 Å². The first-order valence-electron chi connectivity index (χ1n) is 7.30. The molecule has 5 heteroatoms. The highest BCUT2D eigenvalue weighted by molar-refractivity contribution is 4.85. The van der Waals surface area contributed by atoms with E-state index in [1.165, 1.54) is 12.8 Å². The third kappa shape index (κ3) is 7.22. The molecule has 5 nitrogen and oxygen atoms in total. The van der Waals surface area contributed by atoms with Gasteiger partial charge in [0, 0.05) is 45.4 Å². The Balaban J connectivity index is 2.31. The van der Waals surface area contributed by atoms with E-state index in [1.807, 2.05) is 0 Å². The molecule has 1 aliphatic rings. The van der Waals surface area contributed by atoms with Crippen LogP contribution in [0, 0.1) is 0 Å². The molecular weight excluding hydrogens is 244 g/mol. The summed E-state index contributed by atoms with van der Waals surface area (Å²) in [5, 5.41) is 12.9. The summed E-state index contributed by atoms with van der Waals surface area (Å²) in [7, 11) is 3.46. The molecule has 1 aliphatic carbocycles. The molecule has 0 saturated heterocycles. The summed E-state index contributed by atoms with van der Waals surface area (Å²) in [5.74, 6) is 0. The first-order valence-corrected chi connectivity index (χ1v) is 7.30. The van der Waals surface area contributed by atoms with Crippen molar-refractivity contribution in [2.45, 2.75) is 44.3 Å². The number of ether oxygens (including phenoxy) is 2. The fraction of sp³-hybridized carbons (Fsp3) is 1.00. The zero-order chi connectivity index (χ0) is 14.1. The van der Waals surface area contributed by atoms with Crippen LogP contribution in [0.25, 0.3) is 0 Å². The maximum absolute atomic E-state index is 9.40. The van der Waals surface area contributed by atoms with E-state index in [0.717, 1.165) is 32.7 Å². The number of nitrogens with one attached hydrogen (secondary N) is 1. The SMILES string of the molecule is COCCN(CCC(CO)NC1CC1)C(C)COC. The van der Waals surface area contributed by atoms with Gasteiger partial charge in [-0.3, -0.25) is 4.90 Å². The van der Waals surface area contributed by atoms with Crippen LogP contribution in [0.4, 0.5) is 0 Å². The Morgan fingerprint density at radius 2 is 2.00 bits per heavy atom. The summed E-state index contributed by atoms with van der Waals surface area (Å²) >= 11 is 0. The maximum Gasteiger partial charge on any atom is 0.0615 e. The molecule has 0 radical (unpaired) electrons. The minimum absolute atomic E-state index is 0.215. The maximum atomic E-state index is 9.40. The van der Waals surface area contributed by atoms with Gasteiger partial charge in [0.1, 0.15) is 0 Å². The Labute approximate surface area is 117 Å². The first kappa shape index (κ1) is 16.9. The van der Waals surface area contributed by atoms with E-state index in [0.29, 0.717) is 12.1 Å². The number of methoxy groups -OCH3 is 2. The zero-order valence-electron chi connectivity index (χ0n) is 12.6. The smallest absolute Gasteiger partial charge is 0.0615 e. The average Bonchev–Trinajstić information content (AvgIpc) is 3.21. The predicted molar refractivity (Wildman–Crippen MR) is 76.4 cm³/mol. The van der Waals surface area contributed by atoms with Crippen LogP contribution in [0.2, 0.25) is 0 Å². The third-order valence-corrected chi connectivity index (χ3v) is 3.65. The second kappa shape index (κ2) is 9.66. The number of aliphatic hydroxyl groups is 1. The van der Waals surface area contributed by atoms with Gasteiger partial charge in [-0.15, -0.1) is 0 Å². The summed E-state index contributed by atoms with van der Waals surface area (Å²) < 4.78 is 10.4. The molecule has 1 fully saturated rings. The standard InChI is InChI=1S/C14H30N2O3/c1-12(11-19-3)16(8-9-18-2)7-6-14(10-17)15-13-4-5-13/h12-15,17H,4-11H2,1-3H3. The highest BCUT2D eigenvalue weighted by atomic mass is 16.5. The number of hydrogen-bond donors (Lipinski definition) is 2. The largest absolute Gasteiger partial charge is 0.395 e. The fourth-order valence-corrected chi connectivity index (χ4v) is 2.24. The Morgan fingerprint density at radius 1 is 1.26 bits per heavy atom. The van der Waals surface area contributed by atoms with Gasteiger partial charge >= 0.3 is 0 Å². The molecule has 0 spiro atoms. The molecule has 19 heavy (non-hydrogen) atoms. The van der Waals surface area contributed by atoms with E-state index in [4.69, 9.17) is 9.47 Å². The molecule has 0 aliphatic heterocycles. The normalized spacial score (nSPS) is 18.8. The van der Waals surface area contributed by atoms with Crippen molar-refractivity contribution < 1.29 is 14.6 Å². The van der Waals surface area contributed by atoms with Crippen molar-refractivity contribution in [3.8, 4) is 0 Å². The molecule has 0 aromatic carbocycles. The van der Waals surface area contributed by atoms with Crippen molar-refractivity contribution in [2.75, 3.05) is 47.1 Å². The molecule has 2 unspecified atom stereocenters. The Kier molecular flexibility index (Phi) is 8.57. The molecule has 2 atom stereocenters. The summed E-state index contributed by atoms with van der Waals surface area (Å²) in [6.07, 6.45) is 3.47. The second-order valence-electron chi connectivity index (χ2n) is 5.44. The third-order valence-electron chi connectivity index (χ3n) is 3.65. The van der Waals surface area contributed by atoms with Crippen LogP contribution in [-0.2, 0) is 9.47 Å². The molecule has 0 aromatic rings. The van der Waals surface area contributed by atoms with Gasteiger partial charge in [-0.25, -0.2) is 0 Å². The quantitative estimate of drug-likeness (QED) is 0.542. The lowest BCUT2D eigenvalue weighted by Gasteiger charge is -2.30. The lowest BCUT2D eigenvalue weighted by molar-refractivity contribution is 0.0705. The van der Waals surface area contributed by atoms with E-state index in [2.05, 4.69) is 17.1 Å². The van der Waals surface area contributed by atoms with E-state index < -0.39 is 0 Å². The van der Waals surface area contributed by atoms with Crippen LogP contribution < -0.4 is 5.32 Å². The van der Waals surface area contributed by atoms with Gasteiger partial charge in [-0.2, -0.15) is 0 Å². The van der Waals surface area contributed by atoms with Gasteiger partial charge in [0.15, 0.2) is 0 Å². The van der Waals surface area contributed by atoms with E-state index >= 15 is 0 Å². The van der Waals surface area contributed by atoms with Crippen LogP contribution >= 0.6 is 0 Å². The molecular formula is C14H30N2O3. The Morgan fingerprint density at radius 3 is 2.53 bits per heavy atom. The number of rotatable bonds is 12. The van der Waals surface area contributed by atoms with Crippen molar-refractivity contribution in [2.24, 2.45) is 0 Å². The molecule has 0 aromatic heterocycles. The van der Waals surface area contributed by atoms with Crippen LogP contribution in [0.15, 0.2) is 0 Å². The zero-order valence-corrected chi connectivity index (χ0v) is 12.6. The van der Waals surface area contributed by atoms with Crippen molar-refractivity contribution in [1.29, 1.82) is 0 Å². The molecule has 114 valence electrons. The van der Waals surface area contributed by atoms with Gasteiger partial charge in [-0.1, -0.05) is 0 Å². The van der Waals surface area contributed by atoms with Crippen molar-refractivity contribution >= 4 is 0 Å². The number of nitrogens with zero attached hydrogens (tertiary/aromatic N) is 1. The molecule has 1 rings (SSSR count). The highest BCUT2D eigenvalue weighted by Gasteiger charge is 2.24. The van der Waals surface area contributed by atoms with Gasteiger partial charge < -0.3 is 19.9 Å². The van der Waals surface area contributed by atoms with Gasteiger partial charge in [0.25, 0.3) is 0 Å². The fourth-order valence-electron chi connectivity index (χ4n) is 2.24. The van der Waals surface area contributed by atoms with Crippen LogP contribution in [0.1, 0.15) is 26.2 Å². The van der Waals surface area contributed by atoms with Gasteiger partial charge in [0.2, 0.25) is 0 Å². The van der Waals surface area contributed by atoms with E-state index in [-0.39, 0.29) is 12.6 Å². The molecule has 0 amide bonds. The average molecular weight is 274 g/mol. The Hall–Kier alpha value is -0.200. The number of aliphatic hydroxyl groups excluding tert-OH is 1. The van der Waals surface area contributed by atoms with Crippen LogP contribution in [-0.4, -0.2) is 75.3 Å². The van der Waals surface area contributed by atoms with Crippen molar-refractivity contribution in [1.82, 2.24) is 10.2 Å². The van der Waals surface area contributed by atoms with E-state index in [9.17, 15) is 5.11 Å². The topological polar surface area (TPSA) is 54.0 Å². The summed E-state index contributed by atoms with van der Waals surface area (Å²) in [6.45, 7) is 5.70. The molecule has 0 heterocycles. The Bertz CT molecular complexity index is 225. The second-order valence-corrected chi connectivity index (χ2v) is 5.44. The van der Waals surface area contributed by atoms with E-state index in [1.54, 1.807) is 14.2 Å². The predicted octanol–water partition coefficient (Wildman–Crippen LogP) is 0.473. The summed E-state index contributed by atoms with van der Waals surface area (Å²) in [4.78, 5) is 2.37. The first-order chi connectivity index (χ1) is 9.21. The highest BCUT2D eigenvalue weighted by Crippen LogP contribution is 2.20.